The molecule has 0 unspecified atom stereocenters. The van der Waals surface area contributed by atoms with Crippen molar-refractivity contribution in [3.8, 4) is 11.1 Å². The minimum Gasteiger partial charge on any atom is -0.480 e. The molecule has 1 heterocycles. The molecule has 3 rings (SSSR count). The molecular weight excluding hydrogens is 287 g/mol. The molecule has 2 N–H and O–H groups in total. The summed E-state index contributed by atoms with van der Waals surface area (Å²) in [6.45, 7) is 0. The van der Waals surface area contributed by atoms with Crippen molar-refractivity contribution < 1.29 is 9.50 Å². The van der Waals surface area contributed by atoms with Crippen LogP contribution in [0.5, 0.6) is 0 Å². The third-order valence-corrected chi connectivity index (χ3v) is 3.81. The molecule has 2 aromatic carbocycles. The molecule has 1 aliphatic rings. The highest BCUT2D eigenvalue weighted by molar-refractivity contribution is 7.98. The Labute approximate surface area is 118 Å². The van der Waals surface area contributed by atoms with Crippen LogP contribution in [0, 0.1) is 5.82 Å². The lowest BCUT2D eigenvalue weighted by molar-refractivity contribution is 0.552. The molecule has 0 spiro atoms. The highest BCUT2D eigenvalue weighted by atomic mass is 35.5. The van der Waals surface area contributed by atoms with Gasteiger partial charge in [0.05, 0.1) is 10.6 Å². The molecule has 19 heavy (non-hydrogen) atoms. The van der Waals surface area contributed by atoms with Gasteiger partial charge in [-0.1, -0.05) is 29.8 Å². The topological polar surface area (TPSA) is 44.6 Å². The lowest BCUT2D eigenvalue weighted by Crippen LogP contribution is -2.14. The van der Waals surface area contributed by atoms with Crippen LogP contribution in [-0.4, -0.2) is 11.1 Å². The maximum absolute atomic E-state index is 13.7. The number of amidine groups is 1. The van der Waals surface area contributed by atoms with Gasteiger partial charge in [0.25, 0.3) is 6.02 Å². The van der Waals surface area contributed by atoms with Crippen LogP contribution in [0.4, 0.5) is 10.1 Å². The Morgan fingerprint density at radius 1 is 1.21 bits per heavy atom. The van der Waals surface area contributed by atoms with E-state index in [-0.39, 0.29) is 11.8 Å². The average Bonchev–Trinajstić information content (AvgIpc) is 2.39. The highest BCUT2D eigenvalue weighted by Crippen LogP contribution is 2.42. The fourth-order valence-electron chi connectivity index (χ4n) is 1.90. The Bertz CT molecular complexity index is 690. The van der Waals surface area contributed by atoms with Crippen LogP contribution in [0.3, 0.4) is 0 Å². The van der Waals surface area contributed by atoms with E-state index in [2.05, 4.69) is 9.71 Å². The van der Waals surface area contributed by atoms with Crippen molar-refractivity contribution in [3.05, 3.63) is 47.2 Å². The van der Waals surface area contributed by atoms with Gasteiger partial charge in [0.1, 0.15) is 5.82 Å². The standard InChI is InChI=1S/C13H8ClFN2OS/c14-10-4-2-1-3-8(10)9-5-7(15)6-11-12(9)16-13(18)17-19-11/h1-6H,(H2,16,17,18). The molecule has 0 radical (unpaired) electrons. The molecule has 0 amide bonds. The van der Waals surface area contributed by atoms with Crippen LogP contribution < -0.4 is 5.32 Å². The van der Waals surface area contributed by atoms with E-state index in [1.165, 1.54) is 12.1 Å². The molecule has 6 heteroatoms. The van der Waals surface area contributed by atoms with E-state index in [0.717, 1.165) is 11.9 Å². The Morgan fingerprint density at radius 2 is 2.00 bits per heavy atom. The third-order valence-electron chi connectivity index (χ3n) is 2.70. The molecule has 3 nitrogen and oxygen atoms in total. The summed E-state index contributed by atoms with van der Waals surface area (Å²) in [5.41, 5.74) is 1.89. The van der Waals surface area contributed by atoms with Crippen molar-refractivity contribution in [1.29, 1.82) is 0 Å². The summed E-state index contributed by atoms with van der Waals surface area (Å²) >= 11 is 7.16. The summed E-state index contributed by atoms with van der Waals surface area (Å²) in [6.07, 6.45) is 0. The zero-order valence-electron chi connectivity index (χ0n) is 9.52. The summed E-state index contributed by atoms with van der Waals surface area (Å²) in [4.78, 5) is 0.604. The highest BCUT2D eigenvalue weighted by Gasteiger charge is 2.19. The van der Waals surface area contributed by atoms with Gasteiger partial charge < -0.3 is 10.4 Å². The van der Waals surface area contributed by atoms with E-state index >= 15 is 0 Å². The predicted octanol–water partition coefficient (Wildman–Crippen LogP) is 4.49. The van der Waals surface area contributed by atoms with Crippen molar-refractivity contribution in [2.75, 3.05) is 5.32 Å². The third kappa shape index (κ3) is 2.27. The van der Waals surface area contributed by atoms with Crippen LogP contribution in [0.2, 0.25) is 5.02 Å². The lowest BCUT2D eigenvalue weighted by atomic mass is 10.0. The fraction of sp³-hybridized carbons (Fsp3) is 0. The number of nitrogens with one attached hydrogen (secondary N) is 1. The number of aliphatic hydroxyl groups is 1. The maximum atomic E-state index is 13.7. The van der Waals surface area contributed by atoms with Crippen LogP contribution >= 0.6 is 23.5 Å². The molecule has 0 fully saturated rings. The molecule has 2 aromatic rings. The number of hydrogen-bond donors (Lipinski definition) is 2. The van der Waals surface area contributed by atoms with Crippen molar-refractivity contribution in [2.24, 2.45) is 4.40 Å². The van der Waals surface area contributed by atoms with Crippen molar-refractivity contribution in [1.82, 2.24) is 0 Å². The minimum atomic E-state index is -0.375. The van der Waals surface area contributed by atoms with Gasteiger partial charge in [-0.25, -0.2) is 4.39 Å². The summed E-state index contributed by atoms with van der Waals surface area (Å²) in [5, 5.41) is 12.7. The van der Waals surface area contributed by atoms with Gasteiger partial charge in [0.15, 0.2) is 0 Å². The summed E-state index contributed by atoms with van der Waals surface area (Å²) in [5.74, 6) is -0.375. The first-order valence-corrected chi connectivity index (χ1v) is 6.60. The van der Waals surface area contributed by atoms with Gasteiger partial charge in [-0.3, -0.25) is 0 Å². The molecule has 1 aliphatic heterocycles. The molecule has 0 aromatic heterocycles. The normalized spacial score (nSPS) is 13.5. The number of fused-ring (bicyclic) bond motifs is 1. The van der Waals surface area contributed by atoms with Crippen LogP contribution in [0.15, 0.2) is 45.7 Å². The van der Waals surface area contributed by atoms with Gasteiger partial charge in [0, 0.05) is 28.1 Å². The van der Waals surface area contributed by atoms with Crippen molar-refractivity contribution in [3.63, 3.8) is 0 Å². The van der Waals surface area contributed by atoms with E-state index in [9.17, 15) is 9.50 Å². The van der Waals surface area contributed by atoms with E-state index in [4.69, 9.17) is 11.6 Å². The second-order valence-electron chi connectivity index (χ2n) is 3.94. The number of halogens is 2. The van der Waals surface area contributed by atoms with E-state index in [0.29, 0.717) is 26.7 Å². The number of nitrogens with zero attached hydrogens (tertiary/aromatic N) is 1. The minimum absolute atomic E-state index is 0.211. The zero-order chi connectivity index (χ0) is 13.4. The van der Waals surface area contributed by atoms with Gasteiger partial charge in [0.2, 0.25) is 0 Å². The largest absolute Gasteiger partial charge is 0.480 e. The molecule has 0 aliphatic carbocycles. The van der Waals surface area contributed by atoms with Gasteiger partial charge >= 0.3 is 0 Å². The van der Waals surface area contributed by atoms with Crippen molar-refractivity contribution >= 4 is 35.3 Å². The average molecular weight is 295 g/mol. The first kappa shape index (κ1) is 12.3. The summed E-state index contributed by atoms with van der Waals surface area (Å²) in [7, 11) is 0. The van der Waals surface area contributed by atoms with Crippen LogP contribution in [0.25, 0.3) is 11.1 Å². The van der Waals surface area contributed by atoms with Gasteiger partial charge in [-0.15, -0.1) is 0 Å². The Balaban J connectivity index is 2.23. The Morgan fingerprint density at radius 3 is 2.79 bits per heavy atom. The number of benzene rings is 2. The SMILES string of the molecule is OC1=NSc2cc(F)cc(-c3ccccc3Cl)c2N1. The van der Waals surface area contributed by atoms with Crippen molar-refractivity contribution in [2.45, 2.75) is 4.90 Å². The summed E-state index contributed by atoms with van der Waals surface area (Å²) < 4.78 is 17.4. The first-order valence-electron chi connectivity index (χ1n) is 5.44. The Hall–Kier alpha value is -1.72. The van der Waals surface area contributed by atoms with Gasteiger partial charge in [-0.2, -0.15) is 4.40 Å². The molecule has 0 saturated heterocycles. The molecule has 0 atom stereocenters. The molecule has 96 valence electrons. The first-order chi connectivity index (χ1) is 9.15. The number of anilines is 1. The summed E-state index contributed by atoms with van der Waals surface area (Å²) in [6, 6.07) is 9.69. The van der Waals surface area contributed by atoms with E-state index < -0.39 is 0 Å². The zero-order valence-corrected chi connectivity index (χ0v) is 11.1. The fourth-order valence-corrected chi connectivity index (χ4v) is 2.79. The number of hydrogen-bond acceptors (Lipinski definition) is 3. The molecular formula is C13H8ClFN2OS. The number of rotatable bonds is 1. The quantitative estimate of drug-likeness (QED) is 0.762. The monoisotopic (exact) mass is 294 g/mol. The maximum Gasteiger partial charge on any atom is 0.298 e. The Kier molecular flexibility index (Phi) is 3.08. The van der Waals surface area contributed by atoms with Gasteiger partial charge in [-0.05, 0) is 18.2 Å². The molecule has 0 saturated carbocycles. The second kappa shape index (κ2) is 4.75. The number of aliphatic hydroxyl groups excluding tert-OH is 1. The van der Waals surface area contributed by atoms with Crippen LogP contribution in [-0.2, 0) is 0 Å². The molecule has 0 bridgehead atoms. The van der Waals surface area contributed by atoms with E-state index in [1.54, 1.807) is 18.2 Å². The predicted molar refractivity (Wildman–Crippen MR) is 76.4 cm³/mol. The van der Waals surface area contributed by atoms with Crippen LogP contribution in [0.1, 0.15) is 0 Å². The smallest absolute Gasteiger partial charge is 0.298 e. The van der Waals surface area contributed by atoms with E-state index in [1.807, 2.05) is 6.07 Å². The lowest BCUT2D eigenvalue weighted by Gasteiger charge is -2.18. The second-order valence-corrected chi connectivity index (χ2v) is 5.15.